The maximum Gasteiger partial charge on any atom is 0.233 e. The molecule has 0 saturated heterocycles. The molecule has 2 rings (SSSR count). The molecular weight excluding hydrogens is 206 g/mol. The van der Waals surface area contributed by atoms with E-state index >= 15 is 0 Å². The summed E-state index contributed by atoms with van der Waals surface area (Å²) in [6, 6.07) is 3.58. The Labute approximate surface area is 82.0 Å². The van der Waals surface area contributed by atoms with Gasteiger partial charge >= 0.3 is 0 Å². The number of ketones is 1. The van der Waals surface area contributed by atoms with E-state index in [-0.39, 0.29) is 5.78 Å². The Morgan fingerprint density at radius 1 is 1.46 bits per heavy atom. The quantitative estimate of drug-likeness (QED) is 0.762. The Balaban J connectivity index is 2.33. The minimum absolute atomic E-state index is 0.107. The lowest BCUT2D eigenvalue weighted by Crippen LogP contribution is -1.97. The molecule has 4 nitrogen and oxygen atoms in total. The van der Waals surface area contributed by atoms with E-state index < -0.39 is 0 Å². The molecular formula is C7H5N3OS2. The molecule has 0 saturated carbocycles. The van der Waals surface area contributed by atoms with Crippen LogP contribution in [-0.2, 0) is 0 Å². The van der Waals surface area contributed by atoms with Gasteiger partial charge in [-0.2, -0.15) is 0 Å². The molecule has 0 fully saturated rings. The molecule has 0 atom stereocenters. The summed E-state index contributed by atoms with van der Waals surface area (Å²) in [6.45, 7) is 0. The van der Waals surface area contributed by atoms with E-state index in [4.69, 9.17) is 5.73 Å². The van der Waals surface area contributed by atoms with Gasteiger partial charge in [0.1, 0.15) is 0 Å². The third-order valence-electron chi connectivity index (χ3n) is 1.38. The van der Waals surface area contributed by atoms with Crippen molar-refractivity contribution in [3.05, 3.63) is 27.4 Å². The van der Waals surface area contributed by atoms with Gasteiger partial charge in [-0.1, -0.05) is 17.4 Å². The van der Waals surface area contributed by atoms with Gasteiger partial charge in [-0.05, 0) is 11.4 Å². The molecule has 66 valence electrons. The van der Waals surface area contributed by atoms with E-state index in [2.05, 4.69) is 10.2 Å². The molecule has 0 aromatic carbocycles. The lowest BCUT2D eigenvalue weighted by Gasteiger charge is -1.87. The highest BCUT2D eigenvalue weighted by Crippen LogP contribution is 2.18. The van der Waals surface area contributed by atoms with E-state index in [9.17, 15) is 4.79 Å². The van der Waals surface area contributed by atoms with Gasteiger partial charge in [0.25, 0.3) is 0 Å². The second kappa shape index (κ2) is 3.23. The number of nitrogens with two attached hydrogens (primary N) is 1. The fourth-order valence-corrected chi connectivity index (χ4v) is 2.13. The van der Waals surface area contributed by atoms with E-state index in [1.807, 2.05) is 11.4 Å². The van der Waals surface area contributed by atoms with E-state index in [0.717, 1.165) is 11.3 Å². The fourth-order valence-electron chi connectivity index (χ4n) is 0.839. The van der Waals surface area contributed by atoms with Crippen molar-refractivity contribution in [3.63, 3.8) is 0 Å². The van der Waals surface area contributed by atoms with Crippen LogP contribution < -0.4 is 5.73 Å². The summed E-state index contributed by atoms with van der Waals surface area (Å²) in [7, 11) is 0. The van der Waals surface area contributed by atoms with Gasteiger partial charge < -0.3 is 5.73 Å². The van der Waals surface area contributed by atoms with Gasteiger partial charge in [-0.25, -0.2) is 0 Å². The van der Waals surface area contributed by atoms with Crippen molar-refractivity contribution in [1.29, 1.82) is 0 Å². The van der Waals surface area contributed by atoms with Crippen LogP contribution >= 0.6 is 22.7 Å². The van der Waals surface area contributed by atoms with Crippen LogP contribution in [0.4, 0.5) is 5.13 Å². The monoisotopic (exact) mass is 211 g/mol. The molecule has 2 heterocycles. The molecule has 0 aliphatic heterocycles. The number of hydrogen-bond donors (Lipinski definition) is 1. The zero-order chi connectivity index (χ0) is 9.26. The molecule has 6 heteroatoms. The molecule has 0 radical (unpaired) electrons. The highest BCUT2D eigenvalue weighted by Gasteiger charge is 2.14. The minimum atomic E-state index is -0.107. The zero-order valence-electron chi connectivity index (χ0n) is 6.43. The Hall–Kier alpha value is -1.27. The van der Waals surface area contributed by atoms with Crippen molar-refractivity contribution in [2.24, 2.45) is 0 Å². The lowest BCUT2D eigenvalue weighted by molar-refractivity contribution is 0.104. The van der Waals surface area contributed by atoms with Crippen molar-refractivity contribution < 1.29 is 4.79 Å². The van der Waals surface area contributed by atoms with Crippen LogP contribution in [-0.4, -0.2) is 16.0 Å². The third-order valence-corrected chi connectivity index (χ3v) is 3.00. The van der Waals surface area contributed by atoms with Crippen LogP contribution in [0.2, 0.25) is 0 Å². The first-order chi connectivity index (χ1) is 6.27. The number of nitrogens with zero attached hydrogens (tertiary/aromatic N) is 2. The number of hydrogen-bond acceptors (Lipinski definition) is 6. The standard InChI is InChI=1S/C7H5N3OS2/c8-7-10-9-6(13-7)5(11)4-2-1-3-12-4/h1-3H,(H2,8,10). The Kier molecular flexibility index (Phi) is 2.07. The Bertz CT molecular complexity index is 421. The molecule has 2 N–H and O–H groups in total. The smallest absolute Gasteiger partial charge is 0.233 e. The van der Waals surface area contributed by atoms with E-state index in [1.165, 1.54) is 11.3 Å². The predicted molar refractivity (Wildman–Crippen MR) is 52.1 cm³/mol. The van der Waals surface area contributed by atoms with E-state index in [0.29, 0.717) is 15.0 Å². The molecule has 0 unspecified atom stereocenters. The predicted octanol–water partition coefficient (Wildman–Crippen LogP) is 1.41. The van der Waals surface area contributed by atoms with Gasteiger partial charge in [0.05, 0.1) is 4.88 Å². The summed E-state index contributed by atoms with van der Waals surface area (Å²) in [5, 5.41) is 9.76. The normalized spacial score (nSPS) is 10.2. The first-order valence-electron chi connectivity index (χ1n) is 3.44. The van der Waals surface area contributed by atoms with Gasteiger partial charge in [0.2, 0.25) is 10.9 Å². The summed E-state index contributed by atoms with van der Waals surface area (Å²) < 4.78 is 0. The topological polar surface area (TPSA) is 68.9 Å². The molecule has 0 aliphatic rings. The second-order valence-corrected chi connectivity index (χ2v) is 4.21. The summed E-state index contributed by atoms with van der Waals surface area (Å²) in [4.78, 5) is 12.2. The van der Waals surface area contributed by atoms with E-state index in [1.54, 1.807) is 6.07 Å². The maximum absolute atomic E-state index is 11.6. The van der Waals surface area contributed by atoms with Crippen molar-refractivity contribution >= 4 is 33.6 Å². The first-order valence-corrected chi connectivity index (χ1v) is 5.14. The number of aromatic nitrogens is 2. The summed E-state index contributed by atoms with van der Waals surface area (Å²) in [5.74, 6) is -0.107. The lowest BCUT2D eigenvalue weighted by atomic mass is 10.3. The highest BCUT2D eigenvalue weighted by atomic mass is 32.1. The number of nitrogen functional groups attached to an aromatic ring is 1. The third kappa shape index (κ3) is 1.58. The Morgan fingerprint density at radius 3 is 2.85 bits per heavy atom. The molecule has 0 aliphatic carbocycles. The van der Waals surface area contributed by atoms with Crippen LogP contribution in [0.25, 0.3) is 0 Å². The fraction of sp³-hybridized carbons (Fsp3) is 0. The average molecular weight is 211 g/mol. The van der Waals surface area contributed by atoms with Crippen molar-refractivity contribution in [3.8, 4) is 0 Å². The molecule has 2 aromatic rings. The maximum atomic E-state index is 11.6. The number of thiophene rings is 1. The molecule has 0 amide bonds. The second-order valence-electron chi connectivity index (χ2n) is 2.25. The number of anilines is 1. The van der Waals surface area contributed by atoms with Crippen LogP contribution in [0.3, 0.4) is 0 Å². The summed E-state index contributed by atoms with van der Waals surface area (Å²) in [5.41, 5.74) is 5.37. The van der Waals surface area contributed by atoms with Gasteiger partial charge in [-0.15, -0.1) is 21.5 Å². The van der Waals surface area contributed by atoms with Gasteiger partial charge in [-0.3, -0.25) is 4.79 Å². The average Bonchev–Trinajstić information content (AvgIpc) is 2.72. The van der Waals surface area contributed by atoms with Crippen LogP contribution in [0.5, 0.6) is 0 Å². The Morgan fingerprint density at radius 2 is 2.31 bits per heavy atom. The molecule has 0 bridgehead atoms. The van der Waals surface area contributed by atoms with Crippen LogP contribution in [0.1, 0.15) is 14.7 Å². The van der Waals surface area contributed by atoms with Gasteiger partial charge in [0.15, 0.2) is 5.01 Å². The van der Waals surface area contributed by atoms with Crippen molar-refractivity contribution in [2.75, 3.05) is 5.73 Å². The summed E-state index contributed by atoms with van der Waals surface area (Å²) in [6.07, 6.45) is 0. The van der Waals surface area contributed by atoms with Crippen molar-refractivity contribution in [2.45, 2.75) is 0 Å². The summed E-state index contributed by atoms with van der Waals surface area (Å²) >= 11 is 2.49. The number of carbonyl (C=O) groups excluding carboxylic acids is 1. The van der Waals surface area contributed by atoms with Crippen molar-refractivity contribution in [1.82, 2.24) is 10.2 Å². The first kappa shape index (κ1) is 8.33. The SMILES string of the molecule is Nc1nnc(C(=O)c2cccs2)s1. The van der Waals surface area contributed by atoms with Crippen LogP contribution in [0.15, 0.2) is 17.5 Å². The number of rotatable bonds is 2. The molecule has 2 aromatic heterocycles. The minimum Gasteiger partial charge on any atom is -0.374 e. The number of carbonyl (C=O) groups is 1. The molecule has 0 spiro atoms. The highest BCUT2D eigenvalue weighted by molar-refractivity contribution is 7.18. The largest absolute Gasteiger partial charge is 0.374 e. The molecule has 13 heavy (non-hydrogen) atoms. The zero-order valence-corrected chi connectivity index (χ0v) is 8.06. The van der Waals surface area contributed by atoms with Crippen LogP contribution in [0, 0.1) is 0 Å². The van der Waals surface area contributed by atoms with Gasteiger partial charge in [0, 0.05) is 0 Å².